The quantitative estimate of drug-likeness (QED) is 0.869. The van der Waals surface area contributed by atoms with Crippen LogP contribution >= 0.6 is 0 Å². The molecule has 0 saturated heterocycles. The third-order valence-electron chi connectivity index (χ3n) is 2.44. The van der Waals surface area contributed by atoms with E-state index in [1.54, 1.807) is 13.8 Å². The first-order valence-corrected chi connectivity index (χ1v) is 5.31. The lowest BCUT2D eigenvalue weighted by Crippen LogP contribution is -2.25. The first kappa shape index (κ1) is 13.5. The molecule has 0 aliphatic rings. The number of amides is 1. The number of alkyl halides is 3. The topological polar surface area (TPSA) is 29.1 Å². The predicted molar refractivity (Wildman–Crippen MR) is 58.3 cm³/mol. The van der Waals surface area contributed by atoms with Gasteiger partial charge in [-0.15, -0.1) is 0 Å². The Labute approximate surface area is 97.8 Å². The fourth-order valence-corrected chi connectivity index (χ4v) is 1.39. The molecule has 0 unspecified atom stereocenters. The number of benzene rings is 1. The molecule has 1 aromatic carbocycles. The van der Waals surface area contributed by atoms with Crippen molar-refractivity contribution in [2.24, 2.45) is 0 Å². The van der Waals surface area contributed by atoms with Crippen molar-refractivity contribution in [3.8, 4) is 0 Å². The maximum atomic E-state index is 12.3. The summed E-state index contributed by atoms with van der Waals surface area (Å²) in [6.45, 7) is 3.45. The second-order valence-electron chi connectivity index (χ2n) is 3.76. The van der Waals surface area contributed by atoms with E-state index in [0.29, 0.717) is 12.0 Å². The number of hydrogen-bond acceptors (Lipinski definition) is 1. The fraction of sp³-hybridized carbons (Fsp3) is 0.417. The first-order valence-electron chi connectivity index (χ1n) is 5.31. The minimum Gasteiger partial charge on any atom is -0.350 e. The maximum absolute atomic E-state index is 12.3. The molecule has 5 heteroatoms. The summed E-state index contributed by atoms with van der Waals surface area (Å²) in [6.07, 6.45) is -3.97. The van der Waals surface area contributed by atoms with E-state index in [1.165, 1.54) is 12.1 Å². The van der Waals surface area contributed by atoms with E-state index < -0.39 is 11.7 Å². The van der Waals surface area contributed by atoms with Crippen LogP contribution < -0.4 is 5.32 Å². The Morgan fingerprint density at radius 3 is 2.24 bits per heavy atom. The second kappa shape index (κ2) is 5.21. The van der Waals surface area contributed by atoms with Gasteiger partial charge >= 0.3 is 6.18 Å². The van der Waals surface area contributed by atoms with Crippen LogP contribution in [0.5, 0.6) is 0 Å². The molecule has 0 aliphatic heterocycles. The van der Waals surface area contributed by atoms with Crippen LogP contribution in [0.1, 0.15) is 37.4 Å². The number of hydrogen-bond donors (Lipinski definition) is 1. The zero-order chi connectivity index (χ0) is 13.1. The molecule has 0 aromatic heterocycles. The number of nitrogens with one attached hydrogen (secondary N) is 1. The van der Waals surface area contributed by atoms with Gasteiger partial charge in [-0.1, -0.05) is 19.1 Å². The van der Waals surface area contributed by atoms with Gasteiger partial charge in [0.25, 0.3) is 0 Å². The molecule has 1 rings (SSSR count). The molecular formula is C12H14F3NO. The molecule has 1 amide bonds. The highest BCUT2D eigenvalue weighted by molar-refractivity contribution is 5.75. The first-order chi connectivity index (χ1) is 7.84. The third kappa shape index (κ3) is 3.76. The summed E-state index contributed by atoms with van der Waals surface area (Å²) >= 11 is 0. The minimum absolute atomic E-state index is 0.127. The summed E-state index contributed by atoms with van der Waals surface area (Å²) in [6, 6.07) is 4.51. The molecule has 94 valence electrons. The van der Waals surface area contributed by atoms with Gasteiger partial charge in [0, 0.05) is 6.42 Å². The number of carbonyl (C=O) groups excluding carboxylic acids is 1. The molecule has 17 heavy (non-hydrogen) atoms. The Balaban J connectivity index is 2.77. The van der Waals surface area contributed by atoms with Crippen LogP contribution in [-0.4, -0.2) is 5.91 Å². The average molecular weight is 245 g/mol. The Kier molecular flexibility index (Phi) is 4.15. The van der Waals surface area contributed by atoms with E-state index in [2.05, 4.69) is 5.32 Å². The summed E-state index contributed by atoms with van der Waals surface area (Å²) in [5, 5.41) is 2.68. The molecule has 0 bridgehead atoms. The van der Waals surface area contributed by atoms with Crippen molar-refractivity contribution in [1.29, 1.82) is 0 Å². The second-order valence-corrected chi connectivity index (χ2v) is 3.76. The van der Waals surface area contributed by atoms with Crippen LogP contribution in [0, 0.1) is 0 Å². The maximum Gasteiger partial charge on any atom is 0.416 e. The Morgan fingerprint density at radius 1 is 1.29 bits per heavy atom. The summed E-state index contributed by atoms with van der Waals surface area (Å²) in [7, 11) is 0. The van der Waals surface area contributed by atoms with E-state index in [-0.39, 0.29) is 11.9 Å². The van der Waals surface area contributed by atoms with E-state index >= 15 is 0 Å². The van der Waals surface area contributed by atoms with Crippen LogP contribution in [0.2, 0.25) is 0 Å². The van der Waals surface area contributed by atoms with Crippen molar-refractivity contribution < 1.29 is 18.0 Å². The van der Waals surface area contributed by atoms with Gasteiger partial charge in [-0.2, -0.15) is 13.2 Å². The SMILES string of the molecule is CCC(=O)N[C@H](C)c1ccc(C(F)(F)F)cc1. The van der Waals surface area contributed by atoms with E-state index in [0.717, 1.165) is 12.1 Å². The van der Waals surface area contributed by atoms with Crippen molar-refractivity contribution in [2.75, 3.05) is 0 Å². The van der Waals surface area contributed by atoms with Gasteiger partial charge in [0.2, 0.25) is 5.91 Å². The average Bonchev–Trinajstić information content (AvgIpc) is 2.27. The molecule has 1 aromatic rings. The van der Waals surface area contributed by atoms with Crippen LogP contribution in [0.3, 0.4) is 0 Å². The highest BCUT2D eigenvalue weighted by Crippen LogP contribution is 2.29. The molecule has 0 fully saturated rings. The lowest BCUT2D eigenvalue weighted by Gasteiger charge is -2.14. The lowest BCUT2D eigenvalue weighted by atomic mass is 10.1. The van der Waals surface area contributed by atoms with Crippen molar-refractivity contribution in [2.45, 2.75) is 32.5 Å². The molecule has 0 spiro atoms. The molecular weight excluding hydrogens is 231 g/mol. The number of halogens is 3. The largest absolute Gasteiger partial charge is 0.416 e. The Bertz CT molecular complexity index is 384. The van der Waals surface area contributed by atoms with Gasteiger partial charge in [-0.05, 0) is 24.6 Å². The zero-order valence-corrected chi connectivity index (χ0v) is 9.64. The van der Waals surface area contributed by atoms with Gasteiger partial charge < -0.3 is 5.32 Å². The smallest absolute Gasteiger partial charge is 0.350 e. The van der Waals surface area contributed by atoms with E-state index in [4.69, 9.17) is 0 Å². The number of rotatable bonds is 3. The lowest BCUT2D eigenvalue weighted by molar-refractivity contribution is -0.137. The van der Waals surface area contributed by atoms with Crippen molar-refractivity contribution in [3.05, 3.63) is 35.4 Å². The molecule has 0 radical (unpaired) electrons. The summed E-state index contributed by atoms with van der Waals surface area (Å²) in [4.78, 5) is 11.1. The van der Waals surface area contributed by atoms with Crippen molar-refractivity contribution in [1.82, 2.24) is 5.32 Å². The molecule has 1 N–H and O–H groups in total. The molecule has 0 saturated carbocycles. The fourth-order valence-electron chi connectivity index (χ4n) is 1.39. The van der Waals surface area contributed by atoms with Gasteiger partial charge in [0.1, 0.15) is 0 Å². The minimum atomic E-state index is -4.32. The number of carbonyl (C=O) groups is 1. The van der Waals surface area contributed by atoms with Crippen LogP contribution in [-0.2, 0) is 11.0 Å². The third-order valence-corrected chi connectivity index (χ3v) is 2.44. The molecule has 0 aliphatic carbocycles. The highest BCUT2D eigenvalue weighted by Gasteiger charge is 2.30. The van der Waals surface area contributed by atoms with Crippen LogP contribution in [0.25, 0.3) is 0 Å². The summed E-state index contributed by atoms with van der Waals surface area (Å²) in [5.41, 5.74) is -0.0323. The van der Waals surface area contributed by atoms with Crippen LogP contribution in [0.4, 0.5) is 13.2 Å². The van der Waals surface area contributed by atoms with Gasteiger partial charge in [0.15, 0.2) is 0 Å². The highest BCUT2D eigenvalue weighted by atomic mass is 19.4. The standard InChI is InChI=1S/C12H14F3NO/c1-3-11(17)16-8(2)9-4-6-10(7-5-9)12(13,14)15/h4-8H,3H2,1-2H3,(H,16,17)/t8-/m1/s1. The van der Waals surface area contributed by atoms with Crippen molar-refractivity contribution >= 4 is 5.91 Å². The normalized spacial score (nSPS) is 13.2. The van der Waals surface area contributed by atoms with E-state index in [1.807, 2.05) is 0 Å². The van der Waals surface area contributed by atoms with Gasteiger partial charge in [0.05, 0.1) is 11.6 Å². The van der Waals surface area contributed by atoms with Gasteiger partial charge in [-0.3, -0.25) is 4.79 Å². The summed E-state index contributed by atoms with van der Waals surface area (Å²) < 4.78 is 36.9. The van der Waals surface area contributed by atoms with Gasteiger partial charge in [-0.25, -0.2) is 0 Å². The van der Waals surface area contributed by atoms with Crippen molar-refractivity contribution in [3.63, 3.8) is 0 Å². The van der Waals surface area contributed by atoms with E-state index in [9.17, 15) is 18.0 Å². The molecule has 0 heterocycles. The predicted octanol–water partition coefficient (Wildman–Crippen LogP) is 3.29. The molecule has 2 nitrogen and oxygen atoms in total. The molecule has 1 atom stereocenters. The van der Waals surface area contributed by atoms with Crippen LogP contribution in [0.15, 0.2) is 24.3 Å². The summed E-state index contributed by atoms with van der Waals surface area (Å²) in [5.74, 6) is -0.127. The monoisotopic (exact) mass is 245 g/mol. The Hall–Kier alpha value is -1.52. The zero-order valence-electron chi connectivity index (χ0n) is 9.64. The Morgan fingerprint density at radius 2 is 1.82 bits per heavy atom.